The summed E-state index contributed by atoms with van der Waals surface area (Å²) in [6.45, 7) is 7.36. The van der Waals surface area contributed by atoms with Crippen LogP contribution in [0.15, 0.2) is 67.0 Å². The van der Waals surface area contributed by atoms with Gasteiger partial charge in [0.25, 0.3) is 5.91 Å². The van der Waals surface area contributed by atoms with Crippen LogP contribution in [0.5, 0.6) is 0 Å². The van der Waals surface area contributed by atoms with E-state index in [-0.39, 0.29) is 24.7 Å². The van der Waals surface area contributed by atoms with E-state index >= 15 is 0 Å². The van der Waals surface area contributed by atoms with Gasteiger partial charge in [-0.3, -0.25) is 14.5 Å². The Kier molecular flexibility index (Phi) is 10.3. The number of aliphatic hydroxyl groups is 1. The Labute approximate surface area is 251 Å². The highest BCUT2D eigenvalue weighted by Crippen LogP contribution is 2.38. The third kappa shape index (κ3) is 8.35. The van der Waals surface area contributed by atoms with Crippen molar-refractivity contribution < 1.29 is 28.9 Å². The van der Waals surface area contributed by atoms with Crippen molar-refractivity contribution in [2.75, 3.05) is 37.6 Å². The Morgan fingerprint density at radius 1 is 0.977 bits per heavy atom. The lowest BCUT2D eigenvalue weighted by Crippen LogP contribution is -2.50. The Morgan fingerprint density at radius 3 is 2.28 bits per heavy atom. The van der Waals surface area contributed by atoms with E-state index in [0.29, 0.717) is 13.0 Å². The van der Waals surface area contributed by atoms with E-state index < -0.39 is 18.4 Å². The topological polar surface area (TPSA) is 126 Å². The highest BCUT2D eigenvalue weighted by atomic mass is 16.7. The number of hydrogen-bond donors (Lipinski definition) is 2. The molecule has 2 aliphatic heterocycles. The molecule has 2 N–H and O–H groups in total. The number of esters is 1. The first-order valence-corrected chi connectivity index (χ1v) is 14.7. The van der Waals surface area contributed by atoms with Crippen molar-refractivity contribution in [3.63, 3.8) is 0 Å². The predicted molar refractivity (Wildman–Crippen MR) is 159 cm³/mol. The van der Waals surface area contributed by atoms with Crippen molar-refractivity contribution >= 4 is 17.8 Å². The molecule has 1 aromatic heterocycles. The van der Waals surface area contributed by atoms with Crippen molar-refractivity contribution in [1.82, 2.24) is 20.2 Å². The van der Waals surface area contributed by atoms with Gasteiger partial charge in [0.1, 0.15) is 0 Å². The first-order chi connectivity index (χ1) is 20.9. The Bertz CT molecular complexity index is 1330. The number of anilines is 1. The molecule has 0 bridgehead atoms. The third-order valence-electron chi connectivity index (χ3n) is 7.71. The molecule has 228 valence electrons. The van der Waals surface area contributed by atoms with Gasteiger partial charge in [0.05, 0.1) is 18.8 Å². The summed E-state index contributed by atoms with van der Waals surface area (Å²) in [5.41, 5.74) is 3.68. The van der Waals surface area contributed by atoms with Crippen LogP contribution in [-0.4, -0.2) is 76.8 Å². The number of benzene rings is 2. The lowest BCUT2D eigenvalue weighted by Gasteiger charge is -2.40. The predicted octanol–water partition coefficient (Wildman–Crippen LogP) is 2.90. The number of rotatable bonds is 10. The largest absolute Gasteiger partial charge is 0.453 e. The normalized spacial score (nSPS) is 21.7. The van der Waals surface area contributed by atoms with Crippen molar-refractivity contribution in [1.29, 1.82) is 0 Å². The molecule has 2 aliphatic rings. The molecule has 2 fully saturated rings. The van der Waals surface area contributed by atoms with Gasteiger partial charge in [-0.1, -0.05) is 48.5 Å². The van der Waals surface area contributed by atoms with Crippen LogP contribution in [0.4, 0.5) is 5.95 Å². The Hall–Kier alpha value is -3.90. The average Bonchev–Trinajstić information content (AvgIpc) is 3.04. The number of carbonyl (C=O) groups is 2. The smallest absolute Gasteiger partial charge is 0.303 e. The first kappa shape index (κ1) is 30.6. The standard InChI is InChI=1S/C32H39N5O6/c1-22(41-23(2)39)30(40)35-19-24-4-10-27(11-5-24)31-42-28(18-29(43-31)26-8-6-25(21-38)7-9-26)20-36-14-16-37(17-15-36)32-33-12-3-13-34-32/h3-13,22,28-29,31,38H,14-21H2,1-2H3,(H,35,40)/t22-,28-,29+,31+/m0/s1. The molecule has 3 heterocycles. The zero-order valence-corrected chi connectivity index (χ0v) is 24.6. The van der Waals surface area contributed by atoms with Gasteiger partial charge in [-0.25, -0.2) is 9.97 Å². The fraction of sp³-hybridized carbons (Fsp3) is 0.438. The maximum atomic E-state index is 12.2. The lowest BCUT2D eigenvalue weighted by molar-refractivity contribution is -0.253. The van der Waals surface area contributed by atoms with Crippen LogP contribution in [0.3, 0.4) is 0 Å². The fourth-order valence-electron chi connectivity index (χ4n) is 5.33. The van der Waals surface area contributed by atoms with Crippen LogP contribution in [-0.2, 0) is 37.0 Å². The van der Waals surface area contributed by atoms with E-state index in [1.54, 1.807) is 19.3 Å². The molecule has 2 saturated heterocycles. The molecule has 0 spiro atoms. The number of ether oxygens (including phenoxy) is 3. The van der Waals surface area contributed by atoms with Gasteiger partial charge in [0, 0.05) is 70.6 Å². The fourth-order valence-corrected chi connectivity index (χ4v) is 5.33. The van der Waals surface area contributed by atoms with Gasteiger partial charge < -0.3 is 29.5 Å². The number of nitrogens with one attached hydrogen (secondary N) is 1. The van der Waals surface area contributed by atoms with Crippen LogP contribution in [0.1, 0.15) is 54.9 Å². The van der Waals surface area contributed by atoms with Gasteiger partial charge in [-0.05, 0) is 29.7 Å². The minimum atomic E-state index is -0.851. The van der Waals surface area contributed by atoms with Crippen LogP contribution in [0.25, 0.3) is 0 Å². The molecule has 0 aliphatic carbocycles. The van der Waals surface area contributed by atoms with Crippen molar-refractivity contribution in [2.45, 2.75) is 58.0 Å². The summed E-state index contributed by atoms with van der Waals surface area (Å²) >= 11 is 0. The molecule has 4 atom stereocenters. The molecule has 2 aromatic carbocycles. The minimum Gasteiger partial charge on any atom is -0.453 e. The van der Waals surface area contributed by atoms with Crippen LogP contribution in [0.2, 0.25) is 0 Å². The summed E-state index contributed by atoms with van der Waals surface area (Å²) in [4.78, 5) is 36.7. The molecule has 3 aromatic rings. The van der Waals surface area contributed by atoms with E-state index in [4.69, 9.17) is 14.2 Å². The second-order valence-electron chi connectivity index (χ2n) is 10.9. The van der Waals surface area contributed by atoms with Crippen LogP contribution >= 0.6 is 0 Å². The summed E-state index contributed by atoms with van der Waals surface area (Å²) in [5, 5.41) is 12.3. The Morgan fingerprint density at radius 2 is 1.63 bits per heavy atom. The van der Waals surface area contributed by atoms with Crippen molar-refractivity contribution in [3.8, 4) is 0 Å². The number of hydrogen-bond acceptors (Lipinski definition) is 10. The maximum absolute atomic E-state index is 12.2. The highest BCUT2D eigenvalue weighted by molar-refractivity contribution is 5.82. The molecule has 11 nitrogen and oxygen atoms in total. The molecule has 1 amide bonds. The number of aliphatic hydroxyl groups excluding tert-OH is 1. The monoisotopic (exact) mass is 589 g/mol. The Balaban J connectivity index is 1.23. The van der Waals surface area contributed by atoms with Gasteiger partial charge in [0.2, 0.25) is 5.95 Å². The summed E-state index contributed by atoms with van der Waals surface area (Å²) in [6.07, 6.45) is 2.62. The summed E-state index contributed by atoms with van der Waals surface area (Å²) in [5.74, 6) is -0.0874. The zero-order chi connectivity index (χ0) is 30.2. The molecule has 0 unspecified atom stereocenters. The van der Waals surface area contributed by atoms with Crippen LogP contribution < -0.4 is 10.2 Å². The summed E-state index contributed by atoms with van der Waals surface area (Å²) in [6, 6.07) is 17.5. The van der Waals surface area contributed by atoms with Crippen molar-refractivity contribution in [3.05, 3.63) is 89.2 Å². The number of carbonyl (C=O) groups excluding carboxylic acids is 2. The molecular weight excluding hydrogens is 550 g/mol. The molecule has 5 rings (SSSR count). The minimum absolute atomic E-state index is 0.00433. The zero-order valence-electron chi connectivity index (χ0n) is 24.6. The van der Waals surface area contributed by atoms with E-state index in [0.717, 1.165) is 60.9 Å². The number of amides is 1. The summed E-state index contributed by atoms with van der Waals surface area (Å²) < 4.78 is 18.0. The molecule has 43 heavy (non-hydrogen) atoms. The summed E-state index contributed by atoms with van der Waals surface area (Å²) in [7, 11) is 0. The van der Waals surface area contributed by atoms with Gasteiger partial charge >= 0.3 is 5.97 Å². The van der Waals surface area contributed by atoms with Crippen molar-refractivity contribution in [2.24, 2.45) is 0 Å². The highest BCUT2D eigenvalue weighted by Gasteiger charge is 2.34. The second-order valence-corrected chi connectivity index (χ2v) is 10.9. The molecule has 11 heteroatoms. The average molecular weight is 590 g/mol. The van der Waals surface area contributed by atoms with E-state index in [1.165, 1.54) is 6.92 Å². The van der Waals surface area contributed by atoms with E-state index in [2.05, 4.69) is 25.1 Å². The SMILES string of the molecule is CC(=O)O[C@@H](C)C(=O)NCc1ccc([C@@H]2O[C@H](CN3CCN(c4ncccn4)CC3)C[C@H](c3ccc(CO)cc3)O2)cc1. The van der Waals surface area contributed by atoms with E-state index in [9.17, 15) is 14.7 Å². The van der Waals surface area contributed by atoms with Crippen LogP contribution in [0, 0.1) is 0 Å². The molecular formula is C32H39N5O6. The third-order valence-corrected chi connectivity index (χ3v) is 7.71. The van der Waals surface area contributed by atoms with Gasteiger partial charge in [0.15, 0.2) is 12.4 Å². The second kappa shape index (κ2) is 14.5. The van der Waals surface area contributed by atoms with E-state index in [1.807, 2.05) is 54.6 Å². The molecule has 0 saturated carbocycles. The maximum Gasteiger partial charge on any atom is 0.303 e. The number of piperazine rings is 1. The van der Waals surface area contributed by atoms with Gasteiger partial charge in [-0.15, -0.1) is 0 Å². The number of aromatic nitrogens is 2. The lowest BCUT2D eigenvalue weighted by atomic mass is 9.99. The molecule has 0 radical (unpaired) electrons. The first-order valence-electron chi connectivity index (χ1n) is 14.7. The number of nitrogens with zero attached hydrogens (tertiary/aromatic N) is 4. The van der Waals surface area contributed by atoms with Gasteiger partial charge in [-0.2, -0.15) is 0 Å². The quantitative estimate of drug-likeness (QED) is 0.341.